The van der Waals surface area contributed by atoms with E-state index in [-0.39, 0.29) is 24.7 Å². The number of nitrogens with two attached hydrogens (primary N) is 1. The summed E-state index contributed by atoms with van der Waals surface area (Å²) in [6, 6.07) is 3.38. The van der Waals surface area contributed by atoms with Crippen LogP contribution >= 0.6 is 0 Å². The molecule has 21 heavy (non-hydrogen) atoms. The van der Waals surface area contributed by atoms with Gasteiger partial charge in [0.25, 0.3) is 0 Å². The van der Waals surface area contributed by atoms with Crippen LogP contribution in [0.2, 0.25) is 0 Å². The van der Waals surface area contributed by atoms with Crippen molar-refractivity contribution in [1.82, 2.24) is 9.21 Å². The van der Waals surface area contributed by atoms with Crippen LogP contribution in [0.15, 0.2) is 23.1 Å². The maximum atomic E-state index is 13.9. The van der Waals surface area contributed by atoms with Crippen molar-refractivity contribution in [3.8, 4) is 0 Å². The van der Waals surface area contributed by atoms with Gasteiger partial charge in [-0.3, -0.25) is 4.79 Å². The molecule has 8 heteroatoms. The SMILES string of the molecule is CCCN(CC(=O)N(C)C)S(=O)(=O)c1ccc(N)cc1F. The second kappa shape index (κ2) is 6.86. The van der Waals surface area contributed by atoms with Crippen molar-refractivity contribution in [2.45, 2.75) is 18.2 Å². The second-order valence-corrected chi connectivity index (χ2v) is 6.72. The molecule has 0 aliphatic rings. The van der Waals surface area contributed by atoms with Gasteiger partial charge < -0.3 is 10.6 Å². The lowest BCUT2D eigenvalue weighted by atomic mass is 10.3. The van der Waals surface area contributed by atoms with Gasteiger partial charge in [-0.2, -0.15) is 4.31 Å². The number of anilines is 1. The van der Waals surface area contributed by atoms with E-state index in [1.165, 1.54) is 25.1 Å². The van der Waals surface area contributed by atoms with Crippen molar-refractivity contribution in [2.24, 2.45) is 0 Å². The van der Waals surface area contributed by atoms with E-state index >= 15 is 0 Å². The number of hydrogen-bond acceptors (Lipinski definition) is 4. The third-order valence-corrected chi connectivity index (χ3v) is 4.74. The summed E-state index contributed by atoms with van der Waals surface area (Å²) in [5.74, 6) is -1.30. The predicted molar refractivity (Wildman–Crippen MR) is 78.6 cm³/mol. The van der Waals surface area contributed by atoms with Gasteiger partial charge in [-0.25, -0.2) is 12.8 Å². The van der Waals surface area contributed by atoms with Gasteiger partial charge in [0, 0.05) is 26.3 Å². The lowest BCUT2D eigenvalue weighted by molar-refractivity contribution is -0.128. The molecule has 1 aromatic carbocycles. The smallest absolute Gasteiger partial charge is 0.246 e. The summed E-state index contributed by atoms with van der Waals surface area (Å²) >= 11 is 0. The number of sulfonamides is 1. The molecule has 2 N–H and O–H groups in total. The number of nitrogens with zero attached hydrogens (tertiary/aromatic N) is 2. The normalized spacial score (nSPS) is 11.7. The first kappa shape index (κ1) is 17.4. The molecule has 0 aliphatic heterocycles. The van der Waals surface area contributed by atoms with Gasteiger partial charge >= 0.3 is 0 Å². The fraction of sp³-hybridized carbons (Fsp3) is 0.462. The van der Waals surface area contributed by atoms with E-state index in [1.54, 1.807) is 6.92 Å². The predicted octanol–water partition coefficient (Wildman–Crippen LogP) is 0.897. The fourth-order valence-corrected chi connectivity index (χ4v) is 3.22. The van der Waals surface area contributed by atoms with Crippen LogP contribution in [0.25, 0.3) is 0 Å². The quantitative estimate of drug-likeness (QED) is 0.790. The molecule has 118 valence electrons. The zero-order chi connectivity index (χ0) is 16.2. The Balaban J connectivity index is 3.18. The third kappa shape index (κ3) is 4.15. The third-order valence-electron chi connectivity index (χ3n) is 2.86. The van der Waals surface area contributed by atoms with E-state index < -0.39 is 20.7 Å². The van der Waals surface area contributed by atoms with Gasteiger partial charge in [0.05, 0.1) is 6.54 Å². The maximum Gasteiger partial charge on any atom is 0.246 e. The number of hydrogen-bond donors (Lipinski definition) is 1. The van der Waals surface area contributed by atoms with Crippen molar-refractivity contribution < 1.29 is 17.6 Å². The van der Waals surface area contributed by atoms with Crippen LogP contribution in [0, 0.1) is 5.82 Å². The Labute approximate surface area is 124 Å². The van der Waals surface area contributed by atoms with Crippen LogP contribution in [0.1, 0.15) is 13.3 Å². The zero-order valence-electron chi connectivity index (χ0n) is 12.3. The molecule has 1 rings (SSSR count). The van der Waals surface area contributed by atoms with Crippen LogP contribution in [-0.2, 0) is 14.8 Å². The summed E-state index contributed by atoms with van der Waals surface area (Å²) in [5.41, 5.74) is 5.55. The monoisotopic (exact) mass is 317 g/mol. The average Bonchev–Trinajstić information content (AvgIpc) is 2.37. The molecule has 0 heterocycles. The Bertz CT molecular complexity index is 617. The number of amides is 1. The minimum absolute atomic E-state index is 0.131. The molecule has 0 spiro atoms. The number of carbonyl (C=O) groups excluding carboxylic acids is 1. The first-order valence-corrected chi connectivity index (χ1v) is 7.89. The van der Waals surface area contributed by atoms with Crippen molar-refractivity contribution in [2.75, 3.05) is 32.9 Å². The van der Waals surface area contributed by atoms with Crippen LogP contribution < -0.4 is 5.73 Å². The first-order chi connectivity index (χ1) is 9.70. The molecule has 0 aliphatic carbocycles. The minimum atomic E-state index is -4.08. The fourth-order valence-electron chi connectivity index (χ4n) is 1.69. The Kier molecular flexibility index (Phi) is 5.68. The molecule has 0 atom stereocenters. The summed E-state index contributed by atoms with van der Waals surface area (Å²) in [4.78, 5) is 12.6. The van der Waals surface area contributed by atoms with Crippen molar-refractivity contribution in [1.29, 1.82) is 0 Å². The Morgan fingerprint density at radius 2 is 1.95 bits per heavy atom. The maximum absolute atomic E-state index is 13.9. The molecule has 1 aromatic rings. The molecular weight excluding hydrogens is 297 g/mol. The number of nitrogen functional groups attached to an aromatic ring is 1. The van der Waals surface area contributed by atoms with Crippen molar-refractivity contribution >= 4 is 21.6 Å². The van der Waals surface area contributed by atoms with Crippen LogP contribution in [-0.4, -0.2) is 50.7 Å². The molecule has 0 saturated heterocycles. The number of likely N-dealkylation sites (N-methyl/N-ethyl adjacent to an activating group) is 1. The molecule has 6 nitrogen and oxygen atoms in total. The Hall–Kier alpha value is -1.67. The molecule has 0 aromatic heterocycles. The van der Waals surface area contributed by atoms with Gasteiger partial charge in [-0.1, -0.05) is 6.92 Å². The summed E-state index contributed by atoms with van der Waals surface area (Å²) in [5, 5.41) is 0. The van der Waals surface area contributed by atoms with E-state index in [9.17, 15) is 17.6 Å². The summed E-state index contributed by atoms with van der Waals surface area (Å²) in [7, 11) is -1.02. The number of rotatable bonds is 6. The lowest BCUT2D eigenvalue weighted by Gasteiger charge is -2.23. The molecule has 0 unspecified atom stereocenters. The topological polar surface area (TPSA) is 83.7 Å². The molecular formula is C13H20FN3O3S. The van der Waals surface area contributed by atoms with E-state index in [1.807, 2.05) is 0 Å². The van der Waals surface area contributed by atoms with Gasteiger partial charge in [-0.15, -0.1) is 0 Å². The van der Waals surface area contributed by atoms with Crippen LogP contribution in [0.3, 0.4) is 0 Å². The van der Waals surface area contributed by atoms with Crippen LogP contribution in [0.5, 0.6) is 0 Å². The van der Waals surface area contributed by atoms with Gasteiger partial charge in [0.2, 0.25) is 15.9 Å². The molecule has 0 radical (unpaired) electrons. The Morgan fingerprint density at radius 3 is 2.43 bits per heavy atom. The highest BCUT2D eigenvalue weighted by Crippen LogP contribution is 2.21. The van der Waals surface area contributed by atoms with E-state index in [0.717, 1.165) is 16.4 Å². The van der Waals surface area contributed by atoms with Gasteiger partial charge in [-0.05, 0) is 24.6 Å². The number of halogens is 1. The molecule has 0 fully saturated rings. The van der Waals surface area contributed by atoms with Gasteiger partial charge in [0.15, 0.2) is 0 Å². The second-order valence-electron chi connectivity index (χ2n) is 4.82. The zero-order valence-corrected chi connectivity index (χ0v) is 13.2. The van der Waals surface area contributed by atoms with Crippen molar-refractivity contribution in [3.63, 3.8) is 0 Å². The highest BCUT2D eigenvalue weighted by Gasteiger charge is 2.29. The summed E-state index contributed by atoms with van der Waals surface area (Å²) in [6.07, 6.45) is 0.510. The van der Waals surface area contributed by atoms with Crippen LogP contribution in [0.4, 0.5) is 10.1 Å². The minimum Gasteiger partial charge on any atom is -0.399 e. The van der Waals surface area contributed by atoms with E-state index in [4.69, 9.17) is 5.73 Å². The largest absolute Gasteiger partial charge is 0.399 e. The van der Waals surface area contributed by atoms with E-state index in [2.05, 4.69) is 0 Å². The number of carbonyl (C=O) groups is 1. The Morgan fingerprint density at radius 1 is 1.33 bits per heavy atom. The number of benzene rings is 1. The van der Waals surface area contributed by atoms with E-state index in [0.29, 0.717) is 6.42 Å². The molecule has 0 saturated carbocycles. The first-order valence-electron chi connectivity index (χ1n) is 6.45. The average molecular weight is 317 g/mol. The standard InChI is InChI=1S/C13H20FN3O3S/c1-4-7-17(9-13(18)16(2)3)21(19,20)12-6-5-10(15)8-11(12)14/h5-6,8H,4,7,9,15H2,1-3H3. The lowest BCUT2D eigenvalue weighted by Crippen LogP contribution is -2.40. The highest BCUT2D eigenvalue weighted by molar-refractivity contribution is 7.89. The summed E-state index contributed by atoms with van der Waals surface area (Å²) < 4.78 is 39.8. The molecule has 1 amide bonds. The summed E-state index contributed by atoms with van der Waals surface area (Å²) in [6.45, 7) is 1.58. The molecule has 0 bridgehead atoms. The van der Waals surface area contributed by atoms with Crippen molar-refractivity contribution in [3.05, 3.63) is 24.0 Å². The highest BCUT2D eigenvalue weighted by atomic mass is 32.2. The van der Waals surface area contributed by atoms with Gasteiger partial charge in [0.1, 0.15) is 10.7 Å².